The van der Waals surface area contributed by atoms with Gasteiger partial charge in [-0.15, -0.1) is 24.0 Å². The van der Waals surface area contributed by atoms with Gasteiger partial charge in [-0.25, -0.2) is 0 Å². The van der Waals surface area contributed by atoms with Crippen molar-refractivity contribution in [2.24, 2.45) is 16.3 Å². The Morgan fingerprint density at radius 2 is 2.05 bits per heavy atom. The molecule has 21 heavy (non-hydrogen) atoms. The van der Waals surface area contributed by atoms with E-state index in [-0.39, 0.29) is 24.0 Å². The minimum absolute atomic E-state index is 0. The normalized spacial score (nSPS) is 36.7. The molecule has 5 heteroatoms. The van der Waals surface area contributed by atoms with Crippen molar-refractivity contribution < 1.29 is 4.74 Å². The first kappa shape index (κ1) is 15.8. The first-order chi connectivity index (χ1) is 9.85. The van der Waals surface area contributed by atoms with E-state index >= 15 is 0 Å². The standard InChI is InChI=1S/C16H27N3O.HI/c1-2-17-15(19-9-3-4-10-19)18-13-12-6-11-20-14(12)16(13)7-5-8-16;/h12-14H,2-11H2,1H3,(H,17,18);1H. The second kappa shape index (κ2) is 6.22. The summed E-state index contributed by atoms with van der Waals surface area (Å²) < 4.78 is 6.01. The summed E-state index contributed by atoms with van der Waals surface area (Å²) in [5, 5.41) is 3.86. The van der Waals surface area contributed by atoms with Gasteiger partial charge < -0.3 is 15.0 Å². The van der Waals surface area contributed by atoms with Crippen molar-refractivity contribution in [2.75, 3.05) is 26.2 Å². The number of halogens is 1. The Kier molecular flexibility index (Phi) is 4.69. The van der Waals surface area contributed by atoms with Gasteiger partial charge in [0.05, 0.1) is 6.10 Å². The highest BCUT2D eigenvalue weighted by Crippen LogP contribution is 2.62. The van der Waals surface area contributed by atoms with Crippen LogP contribution >= 0.6 is 24.0 Å². The van der Waals surface area contributed by atoms with E-state index in [2.05, 4.69) is 17.1 Å². The van der Waals surface area contributed by atoms with Gasteiger partial charge in [-0.2, -0.15) is 0 Å². The number of nitrogens with zero attached hydrogens (tertiary/aromatic N) is 2. The van der Waals surface area contributed by atoms with Crippen molar-refractivity contribution in [1.29, 1.82) is 0 Å². The molecule has 120 valence electrons. The second-order valence-corrected chi connectivity index (χ2v) is 6.94. The molecule has 4 fully saturated rings. The second-order valence-electron chi connectivity index (χ2n) is 6.94. The molecule has 4 nitrogen and oxygen atoms in total. The van der Waals surface area contributed by atoms with Gasteiger partial charge in [0.15, 0.2) is 5.96 Å². The highest BCUT2D eigenvalue weighted by atomic mass is 127. The Bertz CT molecular complexity index is 404. The fourth-order valence-electron chi connectivity index (χ4n) is 4.91. The first-order valence-electron chi connectivity index (χ1n) is 8.53. The summed E-state index contributed by atoms with van der Waals surface area (Å²) in [5.74, 6) is 1.91. The van der Waals surface area contributed by atoms with Crippen LogP contribution in [-0.4, -0.2) is 49.2 Å². The predicted molar refractivity (Wildman–Crippen MR) is 95.3 cm³/mol. The number of aliphatic imine (C=N–C) groups is 1. The van der Waals surface area contributed by atoms with Gasteiger partial charge in [0.1, 0.15) is 0 Å². The van der Waals surface area contributed by atoms with Crippen LogP contribution in [0.15, 0.2) is 4.99 Å². The van der Waals surface area contributed by atoms with Gasteiger partial charge in [0, 0.05) is 43.6 Å². The van der Waals surface area contributed by atoms with Crippen molar-refractivity contribution >= 4 is 29.9 Å². The maximum Gasteiger partial charge on any atom is 0.194 e. The highest BCUT2D eigenvalue weighted by Gasteiger charge is 2.66. The molecule has 1 spiro atoms. The lowest BCUT2D eigenvalue weighted by Crippen LogP contribution is -2.72. The maximum absolute atomic E-state index is 6.01. The fourth-order valence-corrected chi connectivity index (χ4v) is 4.91. The molecule has 0 amide bonds. The number of likely N-dealkylation sites (tertiary alicyclic amines) is 1. The van der Waals surface area contributed by atoms with Gasteiger partial charge in [0.25, 0.3) is 0 Å². The smallest absolute Gasteiger partial charge is 0.194 e. The summed E-state index contributed by atoms with van der Waals surface area (Å²) in [5.41, 5.74) is 0.454. The molecule has 3 atom stereocenters. The van der Waals surface area contributed by atoms with Gasteiger partial charge in [-0.05, 0) is 39.0 Å². The number of hydrogen-bond donors (Lipinski definition) is 1. The van der Waals surface area contributed by atoms with Gasteiger partial charge in [-0.3, -0.25) is 4.99 Å². The largest absolute Gasteiger partial charge is 0.377 e. The number of ether oxygens (including phenoxy) is 1. The quantitative estimate of drug-likeness (QED) is 0.436. The number of rotatable bonds is 2. The van der Waals surface area contributed by atoms with E-state index in [9.17, 15) is 0 Å². The molecule has 0 radical (unpaired) electrons. The molecule has 0 aromatic heterocycles. The number of fused-ring (bicyclic) bond motifs is 2. The zero-order valence-corrected chi connectivity index (χ0v) is 15.3. The average Bonchev–Trinajstić information content (AvgIpc) is 3.02. The number of nitrogens with one attached hydrogen (secondary N) is 1. The molecule has 0 aromatic rings. The molecule has 0 bridgehead atoms. The van der Waals surface area contributed by atoms with Crippen molar-refractivity contribution in [1.82, 2.24) is 10.2 Å². The minimum atomic E-state index is 0. The SMILES string of the molecule is CCN=C(NC1C2CCOC2C12CCC2)N1CCCC1.I. The molecule has 4 rings (SSSR count). The Morgan fingerprint density at radius 1 is 1.29 bits per heavy atom. The summed E-state index contributed by atoms with van der Waals surface area (Å²) >= 11 is 0. The Labute approximate surface area is 145 Å². The van der Waals surface area contributed by atoms with Crippen LogP contribution in [0.5, 0.6) is 0 Å². The van der Waals surface area contributed by atoms with Crippen LogP contribution in [0, 0.1) is 11.3 Å². The number of hydrogen-bond acceptors (Lipinski definition) is 2. The maximum atomic E-state index is 6.01. The minimum Gasteiger partial charge on any atom is -0.377 e. The van der Waals surface area contributed by atoms with Crippen LogP contribution in [-0.2, 0) is 4.74 Å². The molecule has 4 aliphatic rings. The van der Waals surface area contributed by atoms with Crippen molar-refractivity contribution in [3.05, 3.63) is 0 Å². The van der Waals surface area contributed by atoms with Gasteiger partial charge in [0.2, 0.25) is 0 Å². The van der Waals surface area contributed by atoms with Crippen molar-refractivity contribution in [2.45, 2.75) is 57.6 Å². The first-order valence-corrected chi connectivity index (χ1v) is 8.53. The average molecular weight is 405 g/mol. The van der Waals surface area contributed by atoms with Crippen LogP contribution in [0.4, 0.5) is 0 Å². The number of guanidine groups is 1. The lowest BCUT2D eigenvalue weighted by atomic mass is 9.46. The van der Waals surface area contributed by atoms with Gasteiger partial charge >= 0.3 is 0 Å². The highest BCUT2D eigenvalue weighted by molar-refractivity contribution is 14.0. The summed E-state index contributed by atoms with van der Waals surface area (Å²) in [6, 6.07) is 0.620. The molecule has 2 saturated heterocycles. The molecule has 2 heterocycles. The van der Waals surface area contributed by atoms with E-state index in [1.54, 1.807) is 0 Å². The van der Waals surface area contributed by atoms with E-state index in [4.69, 9.17) is 9.73 Å². The Morgan fingerprint density at radius 3 is 2.67 bits per heavy atom. The van der Waals surface area contributed by atoms with Crippen LogP contribution in [0.25, 0.3) is 0 Å². The van der Waals surface area contributed by atoms with E-state index in [1.165, 1.54) is 57.6 Å². The zero-order chi connectivity index (χ0) is 13.6. The van der Waals surface area contributed by atoms with Crippen LogP contribution in [0.2, 0.25) is 0 Å². The molecular formula is C16H28IN3O. The van der Waals surface area contributed by atoms with Crippen molar-refractivity contribution in [3.8, 4) is 0 Å². The molecule has 3 unspecified atom stereocenters. The summed E-state index contributed by atoms with van der Waals surface area (Å²) in [6.07, 6.45) is 8.51. The molecular weight excluding hydrogens is 377 g/mol. The third kappa shape index (κ3) is 2.38. The summed E-state index contributed by atoms with van der Waals surface area (Å²) in [4.78, 5) is 7.21. The Balaban J connectivity index is 0.00000132. The van der Waals surface area contributed by atoms with Gasteiger partial charge in [-0.1, -0.05) is 6.42 Å². The molecule has 2 aliphatic carbocycles. The lowest BCUT2D eigenvalue weighted by Gasteiger charge is -2.63. The van der Waals surface area contributed by atoms with E-state index in [0.717, 1.165) is 19.1 Å². The van der Waals surface area contributed by atoms with E-state index in [0.29, 0.717) is 17.6 Å². The topological polar surface area (TPSA) is 36.9 Å². The molecule has 1 N–H and O–H groups in total. The lowest BCUT2D eigenvalue weighted by molar-refractivity contribution is -0.171. The van der Waals surface area contributed by atoms with Crippen LogP contribution in [0.1, 0.15) is 45.4 Å². The molecule has 2 saturated carbocycles. The Hall–Kier alpha value is -0.0400. The molecule has 0 aromatic carbocycles. The van der Waals surface area contributed by atoms with E-state index in [1.807, 2.05) is 0 Å². The van der Waals surface area contributed by atoms with Crippen molar-refractivity contribution in [3.63, 3.8) is 0 Å². The third-order valence-electron chi connectivity index (χ3n) is 6.03. The summed E-state index contributed by atoms with van der Waals surface area (Å²) in [7, 11) is 0. The zero-order valence-electron chi connectivity index (χ0n) is 13.0. The third-order valence-corrected chi connectivity index (χ3v) is 6.03. The van der Waals surface area contributed by atoms with E-state index < -0.39 is 0 Å². The monoisotopic (exact) mass is 405 g/mol. The fraction of sp³-hybridized carbons (Fsp3) is 0.938. The predicted octanol–water partition coefficient (Wildman–Crippen LogP) is 2.62. The summed E-state index contributed by atoms with van der Waals surface area (Å²) in [6.45, 7) is 6.34. The van der Waals surface area contributed by atoms with Crippen LogP contribution < -0.4 is 5.32 Å². The van der Waals surface area contributed by atoms with Crippen LogP contribution in [0.3, 0.4) is 0 Å². The molecule has 2 aliphatic heterocycles.